The van der Waals surface area contributed by atoms with Crippen LogP contribution in [0.25, 0.3) is 20.9 Å². The maximum Gasteiger partial charge on any atom is 0.431 e. The monoisotopic (exact) mass is 1520 g/mol. The molecular weight excluding hydrogens is 1410 g/mol. The summed E-state index contributed by atoms with van der Waals surface area (Å²) in [6.07, 6.45) is -3.00. The Morgan fingerprint density at radius 3 is 0.866 bits per heavy atom. The number of hydroxylamine groups is 6. The van der Waals surface area contributed by atoms with Crippen LogP contribution in [0, 0.1) is 0 Å². The van der Waals surface area contributed by atoms with E-state index in [0.29, 0.717) is 77.8 Å². The van der Waals surface area contributed by atoms with Crippen LogP contribution in [0.2, 0.25) is 0 Å². The standard InChI is InChI=1S/C11H22N4O5.C11H24N2O5.C8H17NO6S.C7H14N4O3.C7H16N2O3.C7H15NO4.C2H5BrO.ClH/c1-11(2,3)20-10(16)14-19-9-8-18-7-6-17-5-4-13-15-12;1-11(2,3)18-10(14)13-17-9-8-16-7-6-15-5-4-12;1-8(2,3)15-7(10)9-13-5-6-14-16(4,11)12;1-7(2,3)14-6(12)10-13-5-4-9-11-8;1-7(2,3)12-6(10)9-11-5-4-8;1-7(2,3)12-6(10)8-11-5-4-9;3-1-2-4;/h4-9H2,1-3H3,(H,14,16);4-9,12H2,1-3H3,(H,13,14);5-6H2,1-4H3,(H,9,10);4-5H2,1-3H3,(H,10,12);4-5,8H2,1-3H3,(H,9,10);9H,4-5H2,1-3H3,(H,8,10);4H,1-2H2;1H. The second kappa shape index (κ2) is 67.5. The first-order valence-electron chi connectivity index (χ1n) is 29.3. The number of carbonyl (C=O) groups is 6. The van der Waals surface area contributed by atoms with E-state index in [1.165, 1.54) is 0 Å². The Morgan fingerprint density at radius 2 is 0.619 bits per heavy atom. The van der Waals surface area contributed by atoms with Crippen LogP contribution in [0.4, 0.5) is 28.8 Å². The van der Waals surface area contributed by atoms with E-state index in [2.05, 4.69) is 81.4 Å². The van der Waals surface area contributed by atoms with Crippen molar-refractivity contribution in [3.8, 4) is 0 Å². The van der Waals surface area contributed by atoms with Crippen molar-refractivity contribution in [1.29, 1.82) is 0 Å². The molecule has 0 unspecified atom stereocenters. The van der Waals surface area contributed by atoms with Gasteiger partial charge in [0.15, 0.2) is 0 Å². The zero-order valence-electron chi connectivity index (χ0n) is 59.7. The Kier molecular flexibility index (Phi) is 74.7. The third-order valence-electron chi connectivity index (χ3n) is 6.73. The number of nitrogens with two attached hydrogens (primary N) is 2. The van der Waals surface area contributed by atoms with Gasteiger partial charge in [-0.2, -0.15) is 41.3 Å². The number of aliphatic hydroxyl groups is 2. The third kappa shape index (κ3) is 124. The molecule has 0 fully saturated rings. The van der Waals surface area contributed by atoms with Crippen LogP contribution in [0.15, 0.2) is 10.2 Å². The number of nitrogens with one attached hydrogen (secondary N) is 6. The summed E-state index contributed by atoms with van der Waals surface area (Å²) in [4.78, 5) is 99.1. The van der Waals surface area contributed by atoms with Gasteiger partial charge in [-0.15, -0.1) is 12.4 Å². The van der Waals surface area contributed by atoms with Crippen LogP contribution >= 0.6 is 28.3 Å². The van der Waals surface area contributed by atoms with E-state index in [1.54, 1.807) is 125 Å². The number of alkyl halides is 1. The van der Waals surface area contributed by atoms with Gasteiger partial charge in [0.05, 0.1) is 125 Å². The minimum absolute atomic E-state index is 0. The SMILES string of the molecule is CC(C)(C)OC(=O)NOCCN.CC(C)(C)OC(=O)NOCCN=[N+]=[N-].CC(C)(C)OC(=O)NOCCO.CC(C)(C)OC(=O)NOCCOCCOCCN.CC(C)(C)OC(=O)NOCCOCCOCCN=[N+]=[N-].CC(C)(C)OC(=O)NOCCOS(C)(=O)=O.Cl.OCCBr. The average Bonchev–Trinajstić information content (AvgIpc) is 2.52. The number of ether oxygens (including phenoxy) is 10. The van der Waals surface area contributed by atoms with Crippen LogP contribution in [-0.2, 0) is 90.7 Å². The Hall–Kier alpha value is -5.64. The highest BCUT2D eigenvalue weighted by molar-refractivity contribution is 9.09. The second-order valence-electron chi connectivity index (χ2n) is 23.3. The molecule has 0 radical (unpaired) electrons. The molecule has 0 spiro atoms. The third-order valence-corrected chi connectivity index (χ3v) is 7.68. The van der Waals surface area contributed by atoms with Gasteiger partial charge < -0.3 is 69.0 Å². The van der Waals surface area contributed by atoms with Crippen LogP contribution in [0.3, 0.4) is 0 Å². The Labute approximate surface area is 584 Å². The van der Waals surface area contributed by atoms with Crippen molar-refractivity contribution in [2.24, 2.45) is 21.7 Å². The molecule has 0 saturated heterocycles. The van der Waals surface area contributed by atoms with Crippen molar-refractivity contribution in [3.63, 3.8) is 0 Å². The first kappa shape index (κ1) is 107. The lowest BCUT2D eigenvalue weighted by molar-refractivity contribution is -0.0327. The molecule has 0 aliphatic carbocycles. The van der Waals surface area contributed by atoms with Gasteiger partial charge in [-0.05, 0) is 136 Å². The van der Waals surface area contributed by atoms with Crippen LogP contribution in [0.5, 0.6) is 0 Å². The van der Waals surface area contributed by atoms with E-state index in [1.807, 2.05) is 11.0 Å². The number of halogens is 2. The Morgan fingerprint density at radius 1 is 0.392 bits per heavy atom. The summed E-state index contributed by atoms with van der Waals surface area (Å²) in [5.41, 5.74) is 35.5. The molecule has 0 bridgehead atoms. The highest BCUT2D eigenvalue weighted by atomic mass is 79.9. The van der Waals surface area contributed by atoms with Gasteiger partial charge in [-0.1, -0.05) is 26.2 Å². The molecule has 97 heavy (non-hydrogen) atoms. The van der Waals surface area contributed by atoms with Gasteiger partial charge in [-0.3, -0.25) is 33.2 Å². The molecule has 0 saturated carbocycles. The minimum Gasteiger partial charge on any atom is -0.442 e. The number of nitrogens with zero attached hydrogens (tertiary/aromatic N) is 6. The highest BCUT2D eigenvalue weighted by Gasteiger charge is 2.20. The second-order valence-corrected chi connectivity index (χ2v) is 25.7. The van der Waals surface area contributed by atoms with Gasteiger partial charge in [0.1, 0.15) is 33.6 Å². The summed E-state index contributed by atoms with van der Waals surface area (Å²) < 4.78 is 75.3. The van der Waals surface area contributed by atoms with Gasteiger partial charge in [0, 0.05) is 34.8 Å². The normalized spacial score (nSPS) is 10.8. The molecule has 0 aromatic heterocycles. The maximum absolute atomic E-state index is 11.2. The molecule has 0 aliphatic rings. The summed E-state index contributed by atoms with van der Waals surface area (Å²) >= 11 is 3.00. The number of hydrogen-bond acceptors (Lipinski definition) is 31. The van der Waals surface area contributed by atoms with E-state index >= 15 is 0 Å². The predicted octanol–water partition coefficient (Wildman–Crippen LogP) is 6.02. The molecule has 578 valence electrons. The summed E-state index contributed by atoms with van der Waals surface area (Å²) in [6, 6.07) is 0. The molecule has 0 aromatic rings. The van der Waals surface area contributed by atoms with Crippen LogP contribution in [0.1, 0.15) is 125 Å². The molecule has 0 aromatic carbocycles. The topological polar surface area (TPSA) is 556 Å². The molecule has 44 heteroatoms. The molecule has 6 amide bonds. The number of carbonyl (C=O) groups excluding carboxylic acids is 6. The smallest absolute Gasteiger partial charge is 0.431 e. The van der Waals surface area contributed by atoms with Crippen molar-refractivity contribution in [3.05, 3.63) is 20.9 Å². The number of azide groups is 2. The lowest BCUT2D eigenvalue weighted by Crippen LogP contribution is -2.33. The Bertz CT molecular complexity index is 2130. The Balaban J connectivity index is -0.000000162. The largest absolute Gasteiger partial charge is 0.442 e. The van der Waals surface area contributed by atoms with E-state index in [0.717, 1.165) is 6.26 Å². The lowest BCUT2D eigenvalue weighted by atomic mass is 10.2. The fraction of sp³-hybridized carbons (Fsp3) is 0.887. The predicted molar refractivity (Wildman–Crippen MR) is 357 cm³/mol. The first-order chi connectivity index (χ1) is 44.3. The van der Waals surface area contributed by atoms with E-state index in [-0.39, 0.29) is 78.4 Å². The van der Waals surface area contributed by atoms with E-state index < -0.39 is 80.3 Å². The number of rotatable bonds is 35. The average molecular weight is 1530 g/mol. The number of aliphatic hydroxyl groups excluding tert-OH is 2. The van der Waals surface area contributed by atoms with Gasteiger partial charge in [0.25, 0.3) is 10.1 Å². The summed E-state index contributed by atoms with van der Waals surface area (Å²) in [5.74, 6) is 0. The summed E-state index contributed by atoms with van der Waals surface area (Å²) in [5, 5.41) is 23.3. The first-order valence-corrected chi connectivity index (χ1v) is 32.2. The molecule has 41 nitrogen and oxygen atoms in total. The lowest BCUT2D eigenvalue weighted by Gasteiger charge is -2.19. The fourth-order valence-electron chi connectivity index (χ4n) is 3.99. The zero-order chi connectivity index (χ0) is 75.6. The minimum atomic E-state index is -3.48. The van der Waals surface area contributed by atoms with E-state index in [9.17, 15) is 37.2 Å². The van der Waals surface area contributed by atoms with Crippen molar-refractivity contribution in [2.45, 2.75) is 158 Å². The molecule has 0 atom stereocenters. The van der Waals surface area contributed by atoms with Crippen molar-refractivity contribution in [2.75, 3.05) is 150 Å². The molecule has 0 rings (SSSR count). The van der Waals surface area contributed by atoms with Crippen LogP contribution < -0.4 is 44.3 Å². The molecule has 12 N–H and O–H groups in total. The highest BCUT2D eigenvalue weighted by Crippen LogP contribution is 2.10. The number of amides is 6. The molecule has 0 aliphatic heterocycles. The van der Waals surface area contributed by atoms with Crippen molar-refractivity contribution >= 4 is 75.0 Å². The van der Waals surface area contributed by atoms with Gasteiger partial charge in [-0.25, -0.2) is 28.8 Å². The summed E-state index contributed by atoms with van der Waals surface area (Å²) in [6.45, 7) is 36.9. The maximum atomic E-state index is 11.2. The zero-order valence-corrected chi connectivity index (χ0v) is 62.9. The fourth-order valence-corrected chi connectivity index (χ4v) is 4.37. The summed E-state index contributed by atoms with van der Waals surface area (Å²) in [7, 11) is -3.48. The van der Waals surface area contributed by atoms with Gasteiger partial charge in [0.2, 0.25) is 0 Å². The van der Waals surface area contributed by atoms with Gasteiger partial charge >= 0.3 is 36.6 Å². The number of hydrogen-bond donors (Lipinski definition) is 10. The van der Waals surface area contributed by atoms with Crippen molar-refractivity contribution < 1.29 is 128 Å². The van der Waals surface area contributed by atoms with E-state index in [4.69, 9.17) is 89.8 Å². The van der Waals surface area contributed by atoms with Crippen molar-refractivity contribution in [1.82, 2.24) is 32.9 Å². The van der Waals surface area contributed by atoms with Crippen LogP contribution in [-0.4, -0.2) is 239 Å². The molecule has 0 heterocycles. The quantitative estimate of drug-likeness (QED) is 0.00506. The molecular formula is C53H114BrClN14O27S.